The predicted octanol–water partition coefficient (Wildman–Crippen LogP) is 5.43. The summed E-state index contributed by atoms with van der Waals surface area (Å²) in [6.45, 7) is 0. The topological polar surface area (TPSA) is 37.3 Å². The molecule has 0 aliphatic rings. The second kappa shape index (κ2) is 7.60. The van der Waals surface area contributed by atoms with E-state index in [2.05, 4.69) is 42.5 Å². The SMILES string of the molecule is O=C(O)CCCc1ccc(-c2ccccc2)c(-c2ccccc2)c1. The van der Waals surface area contributed by atoms with Gasteiger partial charge in [0.25, 0.3) is 0 Å². The third-order valence-electron chi connectivity index (χ3n) is 4.11. The van der Waals surface area contributed by atoms with Crippen molar-refractivity contribution in [2.45, 2.75) is 19.3 Å². The van der Waals surface area contributed by atoms with Gasteiger partial charge in [-0.25, -0.2) is 0 Å². The molecule has 3 aromatic carbocycles. The van der Waals surface area contributed by atoms with Crippen molar-refractivity contribution < 1.29 is 9.90 Å². The van der Waals surface area contributed by atoms with Crippen molar-refractivity contribution >= 4 is 5.97 Å². The summed E-state index contributed by atoms with van der Waals surface area (Å²) in [5, 5.41) is 8.82. The Morgan fingerprint density at radius 3 is 1.92 bits per heavy atom. The number of carboxylic acids is 1. The van der Waals surface area contributed by atoms with Crippen LogP contribution in [0, 0.1) is 0 Å². The quantitative estimate of drug-likeness (QED) is 0.658. The maximum absolute atomic E-state index is 10.7. The molecule has 0 fully saturated rings. The van der Waals surface area contributed by atoms with Gasteiger partial charge in [0.2, 0.25) is 0 Å². The Bertz CT molecular complexity index is 808. The normalized spacial score (nSPS) is 10.5. The first-order chi connectivity index (χ1) is 11.7. The van der Waals surface area contributed by atoms with Gasteiger partial charge in [-0.1, -0.05) is 78.9 Å². The van der Waals surface area contributed by atoms with Crippen LogP contribution in [-0.4, -0.2) is 11.1 Å². The van der Waals surface area contributed by atoms with Crippen molar-refractivity contribution in [3.05, 3.63) is 84.4 Å². The highest BCUT2D eigenvalue weighted by Crippen LogP contribution is 2.33. The van der Waals surface area contributed by atoms with Crippen LogP contribution in [0.3, 0.4) is 0 Å². The fourth-order valence-electron chi connectivity index (χ4n) is 2.92. The van der Waals surface area contributed by atoms with Crippen molar-refractivity contribution in [2.24, 2.45) is 0 Å². The highest BCUT2D eigenvalue weighted by molar-refractivity contribution is 5.83. The Morgan fingerprint density at radius 1 is 0.750 bits per heavy atom. The average Bonchev–Trinajstić information content (AvgIpc) is 2.63. The molecule has 2 heteroatoms. The third kappa shape index (κ3) is 3.90. The lowest BCUT2D eigenvalue weighted by Crippen LogP contribution is -1.96. The van der Waals surface area contributed by atoms with Gasteiger partial charge in [-0.15, -0.1) is 0 Å². The number of hydrogen-bond donors (Lipinski definition) is 1. The number of aryl methyl sites for hydroxylation is 1. The minimum atomic E-state index is -0.737. The smallest absolute Gasteiger partial charge is 0.303 e. The van der Waals surface area contributed by atoms with Crippen LogP contribution in [0.25, 0.3) is 22.3 Å². The number of rotatable bonds is 6. The summed E-state index contributed by atoms with van der Waals surface area (Å²) in [7, 11) is 0. The van der Waals surface area contributed by atoms with Crippen LogP contribution in [-0.2, 0) is 11.2 Å². The van der Waals surface area contributed by atoms with Gasteiger partial charge in [-0.3, -0.25) is 4.79 Å². The second-order valence-electron chi connectivity index (χ2n) is 5.86. The Kier molecular flexibility index (Phi) is 5.07. The molecule has 1 N–H and O–H groups in total. The lowest BCUT2D eigenvalue weighted by molar-refractivity contribution is -0.137. The Hall–Kier alpha value is -2.87. The van der Waals surface area contributed by atoms with Gasteiger partial charge in [0.15, 0.2) is 0 Å². The lowest BCUT2D eigenvalue weighted by atomic mass is 9.92. The highest BCUT2D eigenvalue weighted by atomic mass is 16.4. The van der Waals surface area contributed by atoms with Gasteiger partial charge < -0.3 is 5.11 Å². The largest absolute Gasteiger partial charge is 0.481 e. The van der Waals surface area contributed by atoms with Gasteiger partial charge in [0.1, 0.15) is 0 Å². The Balaban J connectivity index is 1.98. The molecule has 0 unspecified atom stereocenters. The van der Waals surface area contributed by atoms with Gasteiger partial charge in [0, 0.05) is 6.42 Å². The van der Waals surface area contributed by atoms with Crippen LogP contribution >= 0.6 is 0 Å². The maximum atomic E-state index is 10.7. The summed E-state index contributed by atoms with van der Waals surface area (Å²) in [5.74, 6) is -0.737. The van der Waals surface area contributed by atoms with E-state index in [1.807, 2.05) is 36.4 Å². The maximum Gasteiger partial charge on any atom is 0.303 e. The van der Waals surface area contributed by atoms with E-state index < -0.39 is 5.97 Å². The summed E-state index contributed by atoms with van der Waals surface area (Å²) in [5.41, 5.74) is 5.93. The molecule has 0 spiro atoms. The molecule has 3 aromatic rings. The molecular weight excluding hydrogens is 296 g/mol. The predicted molar refractivity (Wildman–Crippen MR) is 97.9 cm³/mol. The molecule has 0 saturated heterocycles. The fraction of sp³-hybridized carbons (Fsp3) is 0.136. The van der Waals surface area contributed by atoms with Crippen LogP contribution < -0.4 is 0 Å². The van der Waals surface area contributed by atoms with E-state index in [9.17, 15) is 4.79 Å². The molecule has 0 heterocycles. The molecule has 0 aliphatic heterocycles. The van der Waals surface area contributed by atoms with Crippen molar-refractivity contribution in [3.63, 3.8) is 0 Å². The van der Waals surface area contributed by atoms with Crippen molar-refractivity contribution in [2.75, 3.05) is 0 Å². The Morgan fingerprint density at radius 2 is 1.33 bits per heavy atom. The summed E-state index contributed by atoms with van der Waals surface area (Å²) >= 11 is 0. The molecule has 2 nitrogen and oxygen atoms in total. The van der Waals surface area contributed by atoms with E-state index in [0.717, 1.165) is 6.42 Å². The molecule has 3 rings (SSSR count). The zero-order chi connectivity index (χ0) is 16.8. The molecule has 24 heavy (non-hydrogen) atoms. The molecule has 0 atom stereocenters. The molecule has 0 radical (unpaired) electrons. The molecular formula is C22H20O2. The number of carbonyl (C=O) groups is 1. The summed E-state index contributed by atoms with van der Waals surface area (Å²) in [4.78, 5) is 10.7. The number of carboxylic acid groups (broad SMARTS) is 1. The number of aliphatic carboxylic acids is 1. The van der Waals surface area contributed by atoms with Crippen LogP contribution in [0.15, 0.2) is 78.9 Å². The molecule has 0 amide bonds. The van der Waals surface area contributed by atoms with E-state index in [1.54, 1.807) is 0 Å². The first kappa shape index (κ1) is 16.0. The average molecular weight is 316 g/mol. The van der Waals surface area contributed by atoms with Crippen molar-refractivity contribution in [1.29, 1.82) is 0 Å². The van der Waals surface area contributed by atoms with Crippen molar-refractivity contribution in [3.8, 4) is 22.3 Å². The lowest BCUT2D eigenvalue weighted by Gasteiger charge is -2.13. The van der Waals surface area contributed by atoms with Gasteiger partial charge in [0.05, 0.1) is 0 Å². The molecule has 0 aromatic heterocycles. The van der Waals surface area contributed by atoms with Gasteiger partial charge in [-0.2, -0.15) is 0 Å². The number of hydrogen-bond acceptors (Lipinski definition) is 1. The van der Waals surface area contributed by atoms with E-state index in [-0.39, 0.29) is 6.42 Å². The van der Waals surface area contributed by atoms with E-state index in [4.69, 9.17) is 5.11 Å². The zero-order valence-electron chi connectivity index (χ0n) is 13.5. The molecule has 0 saturated carbocycles. The number of benzene rings is 3. The van der Waals surface area contributed by atoms with Crippen LogP contribution in [0.1, 0.15) is 18.4 Å². The summed E-state index contributed by atoms with van der Waals surface area (Å²) in [6, 6.07) is 27.1. The van der Waals surface area contributed by atoms with E-state index in [1.165, 1.54) is 27.8 Å². The standard InChI is InChI=1S/C22H20O2/c23-22(24)13-7-8-17-14-15-20(18-9-3-1-4-10-18)21(16-17)19-11-5-2-6-12-19/h1-6,9-12,14-16H,7-8,13H2,(H,23,24). The first-order valence-electron chi connectivity index (χ1n) is 8.19. The van der Waals surface area contributed by atoms with Gasteiger partial charge >= 0.3 is 5.97 Å². The first-order valence-corrected chi connectivity index (χ1v) is 8.19. The van der Waals surface area contributed by atoms with Crippen molar-refractivity contribution in [1.82, 2.24) is 0 Å². The van der Waals surface area contributed by atoms with E-state index in [0.29, 0.717) is 6.42 Å². The second-order valence-corrected chi connectivity index (χ2v) is 5.86. The fourth-order valence-corrected chi connectivity index (χ4v) is 2.92. The molecule has 0 aliphatic carbocycles. The minimum Gasteiger partial charge on any atom is -0.481 e. The highest BCUT2D eigenvalue weighted by Gasteiger charge is 2.09. The summed E-state index contributed by atoms with van der Waals surface area (Å²) in [6.07, 6.45) is 1.65. The Labute approximate surface area is 142 Å². The molecule has 0 bridgehead atoms. The van der Waals surface area contributed by atoms with E-state index >= 15 is 0 Å². The monoisotopic (exact) mass is 316 g/mol. The minimum absolute atomic E-state index is 0.209. The van der Waals surface area contributed by atoms with Gasteiger partial charge in [-0.05, 0) is 40.7 Å². The van der Waals surface area contributed by atoms with Crippen LogP contribution in [0.5, 0.6) is 0 Å². The summed E-state index contributed by atoms with van der Waals surface area (Å²) < 4.78 is 0. The zero-order valence-corrected chi connectivity index (χ0v) is 13.5. The van der Waals surface area contributed by atoms with Crippen LogP contribution in [0.4, 0.5) is 0 Å². The third-order valence-corrected chi connectivity index (χ3v) is 4.11. The van der Waals surface area contributed by atoms with Crippen LogP contribution in [0.2, 0.25) is 0 Å². The molecule has 120 valence electrons.